The number of benzene rings is 1. The fraction of sp³-hybridized carbons (Fsp3) is 0.368. The number of rotatable bonds is 3. The van der Waals surface area contributed by atoms with Crippen molar-refractivity contribution in [2.24, 2.45) is 5.92 Å². The van der Waals surface area contributed by atoms with E-state index in [1.165, 1.54) is 11.3 Å². The Morgan fingerprint density at radius 1 is 1.15 bits per heavy atom. The molecule has 1 aromatic carbocycles. The van der Waals surface area contributed by atoms with Gasteiger partial charge in [-0.2, -0.15) is 0 Å². The lowest BCUT2D eigenvalue weighted by molar-refractivity contribution is -0.121. The van der Waals surface area contributed by atoms with E-state index in [1.54, 1.807) is 4.90 Å². The first-order chi connectivity index (χ1) is 12.7. The van der Waals surface area contributed by atoms with Crippen LogP contribution in [0.25, 0.3) is 0 Å². The van der Waals surface area contributed by atoms with Crippen molar-refractivity contribution in [2.45, 2.75) is 12.8 Å². The largest absolute Gasteiger partial charge is 0.486 e. The molecule has 2 aliphatic heterocycles. The average molecular weight is 372 g/mol. The van der Waals surface area contributed by atoms with Crippen molar-refractivity contribution in [3.8, 4) is 11.5 Å². The summed E-state index contributed by atoms with van der Waals surface area (Å²) in [6.45, 7) is 2.10. The minimum absolute atomic E-state index is 0.00586. The third-order valence-corrected chi connectivity index (χ3v) is 5.49. The number of piperidine rings is 1. The highest BCUT2D eigenvalue weighted by molar-refractivity contribution is 7.12. The Morgan fingerprint density at radius 3 is 2.88 bits per heavy atom. The highest BCUT2D eigenvalue weighted by Gasteiger charge is 2.30. The van der Waals surface area contributed by atoms with Crippen molar-refractivity contribution in [1.29, 1.82) is 0 Å². The predicted molar refractivity (Wildman–Crippen MR) is 99.0 cm³/mol. The van der Waals surface area contributed by atoms with Gasteiger partial charge in [-0.25, -0.2) is 0 Å². The highest BCUT2D eigenvalue weighted by Crippen LogP contribution is 2.37. The van der Waals surface area contributed by atoms with E-state index in [0.29, 0.717) is 48.4 Å². The van der Waals surface area contributed by atoms with Crippen LogP contribution >= 0.6 is 11.3 Å². The van der Waals surface area contributed by atoms with Crippen molar-refractivity contribution in [3.05, 3.63) is 40.6 Å². The van der Waals surface area contributed by atoms with Gasteiger partial charge in [-0.1, -0.05) is 12.1 Å². The summed E-state index contributed by atoms with van der Waals surface area (Å²) in [7, 11) is 0. The number of ether oxygens (including phenoxy) is 2. The van der Waals surface area contributed by atoms with E-state index in [2.05, 4.69) is 5.32 Å². The minimum Gasteiger partial charge on any atom is -0.486 e. The third kappa shape index (κ3) is 3.39. The molecule has 3 heterocycles. The topological polar surface area (TPSA) is 67.9 Å². The van der Waals surface area contributed by atoms with E-state index in [1.807, 2.05) is 35.7 Å². The van der Waals surface area contributed by atoms with Gasteiger partial charge in [0.25, 0.3) is 5.91 Å². The second kappa shape index (κ2) is 7.37. The summed E-state index contributed by atoms with van der Waals surface area (Å²) in [6, 6.07) is 9.16. The van der Waals surface area contributed by atoms with Gasteiger partial charge in [0.1, 0.15) is 13.2 Å². The molecule has 0 aliphatic carbocycles. The van der Waals surface area contributed by atoms with Crippen LogP contribution in [0.3, 0.4) is 0 Å². The molecule has 4 rings (SSSR count). The molecule has 2 aromatic rings. The number of nitrogens with zero attached hydrogens (tertiary/aromatic N) is 1. The fourth-order valence-corrected chi connectivity index (χ4v) is 4.03. The maximum Gasteiger partial charge on any atom is 0.263 e. The van der Waals surface area contributed by atoms with Gasteiger partial charge >= 0.3 is 0 Å². The number of carbonyl (C=O) groups excluding carboxylic acids is 2. The maximum absolute atomic E-state index is 12.8. The first kappa shape index (κ1) is 16.9. The Hall–Kier alpha value is -2.54. The third-order valence-electron chi connectivity index (χ3n) is 4.64. The van der Waals surface area contributed by atoms with E-state index in [9.17, 15) is 9.59 Å². The normalized spacial score (nSPS) is 19.1. The van der Waals surface area contributed by atoms with E-state index in [-0.39, 0.29) is 17.7 Å². The van der Waals surface area contributed by atoms with Crippen LogP contribution in [0.5, 0.6) is 11.5 Å². The number of amides is 2. The van der Waals surface area contributed by atoms with E-state index >= 15 is 0 Å². The molecule has 6 nitrogen and oxygen atoms in total. The Labute approximate surface area is 155 Å². The van der Waals surface area contributed by atoms with E-state index in [4.69, 9.17) is 9.47 Å². The van der Waals surface area contributed by atoms with Gasteiger partial charge in [0.2, 0.25) is 5.91 Å². The second-order valence-electron chi connectivity index (χ2n) is 6.39. The molecule has 0 spiro atoms. The molecule has 0 bridgehead atoms. The van der Waals surface area contributed by atoms with Gasteiger partial charge in [0.05, 0.1) is 16.5 Å². The molecule has 0 saturated carbocycles. The maximum atomic E-state index is 12.8. The monoisotopic (exact) mass is 372 g/mol. The fourth-order valence-electron chi connectivity index (χ4n) is 3.34. The molecular weight excluding hydrogens is 352 g/mol. The van der Waals surface area contributed by atoms with Crippen molar-refractivity contribution in [3.63, 3.8) is 0 Å². The van der Waals surface area contributed by atoms with Gasteiger partial charge < -0.3 is 19.7 Å². The molecule has 136 valence electrons. The summed E-state index contributed by atoms with van der Waals surface area (Å²) in [6.07, 6.45) is 1.59. The highest BCUT2D eigenvalue weighted by atomic mass is 32.1. The molecule has 0 unspecified atom stereocenters. The summed E-state index contributed by atoms with van der Waals surface area (Å²) < 4.78 is 11.2. The van der Waals surface area contributed by atoms with Crippen molar-refractivity contribution < 1.29 is 19.1 Å². The minimum atomic E-state index is -0.229. The van der Waals surface area contributed by atoms with Crippen LogP contribution in [0.15, 0.2) is 35.7 Å². The number of carbonyl (C=O) groups is 2. The van der Waals surface area contributed by atoms with Crippen LogP contribution in [0.4, 0.5) is 5.69 Å². The van der Waals surface area contributed by atoms with Gasteiger partial charge in [0, 0.05) is 13.1 Å². The lowest BCUT2D eigenvalue weighted by atomic mass is 9.96. The van der Waals surface area contributed by atoms with Crippen molar-refractivity contribution >= 4 is 28.8 Å². The summed E-state index contributed by atoms with van der Waals surface area (Å²) in [5.74, 6) is 0.914. The molecule has 1 aromatic heterocycles. The van der Waals surface area contributed by atoms with Crippen molar-refractivity contribution in [2.75, 3.05) is 31.6 Å². The Bertz CT molecular complexity index is 806. The smallest absolute Gasteiger partial charge is 0.263 e. The number of likely N-dealkylation sites (tertiary alicyclic amines) is 1. The Balaban J connectivity index is 1.44. The standard InChI is InChI=1S/C19H20N2O4S/c22-18(20-14-5-1-6-15-17(14)25-10-9-24-15)13-4-2-8-21(12-13)19(23)16-7-3-11-26-16/h1,3,5-7,11,13H,2,4,8-10,12H2,(H,20,22)/t13-/m0/s1. The van der Waals surface area contributed by atoms with Crippen LogP contribution in [0.1, 0.15) is 22.5 Å². The van der Waals surface area contributed by atoms with Crippen LogP contribution in [-0.2, 0) is 4.79 Å². The lowest BCUT2D eigenvalue weighted by Crippen LogP contribution is -2.43. The molecule has 1 atom stereocenters. The van der Waals surface area contributed by atoms with Crippen molar-refractivity contribution in [1.82, 2.24) is 4.90 Å². The quantitative estimate of drug-likeness (QED) is 0.899. The summed E-state index contributed by atoms with van der Waals surface area (Å²) >= 11 is 1.43. The molecule has 1 fully saturated rings. The number of thiophene rings is 1. The summed E-state index contributed by atoms with van der Waals surface area (Å²) in [5, 5.41) is 4.85. The van der Waals surface area contributed by atoms with Crippen LogP contribution < -0.4 is 14.8 Å². The molecule has 1 saturated heterocycles. The first-order valence-corrected chi connectivity index (χ1v) is 9.62. The van der Waals surface area contributed by atoms with Gasteiger partial charge in [-0.3, -0.25) is 9.59 Å². The first-order valence-electron chi connectivity index (χ1n) is 8.74. The second-order valence-corrected chi connectivity index (χ2v) is 7.33. The number of hydrogen-bond acceptors (Lipinski definition) is 5. The van der Waals surface area contributed by atoms with E-state index in [0.717, 1.165) is 12.8 Å². The molecule has 0 radical (unpaired) electrons. The van der Waals surface area contributed by atoms with Gasteiger partial charge in [-0.05, 0) is 36.4 Å². The zero-order valence-electron chi connectivity index (χ0n) is 14.3. The van der Waals surface area contributed by atoms with Crippen LogP contribution in [-0.4, -0.2) is 43.0 Å². The number of fused-ring (bicyclic) bond motifs is 1. The molecule has 1 N–H and O–H groups in total. The molecule has 26 heavy (non-hydrogen) atoms. The molecule has 7 heteroatoms. The summed E-state index contributed by atoms with van der Waals surface area (Å²) in [4.78, 5) is 27.8. The van der Waals surface area contributed by atoms with Gasteiger partial charge in [0.15, 0.2) is 11.5 Å². The molecule has 2 aliphatic rings. The number of anilines is 1. The molecular formula is C19H20N2O4S. The predicted octanol–water partition coefficient (Wildman–Crippen LogP) is 3.01. The van der Waals surface area contributed by atoms with E-state index < -0.39 is 0 Å². The van der Waals surface area contributed by atoms with Gasteiger partial charge in [-0.15, -0.1) is 11.3 Å². The summed E-state index contributed by atoms with van der Waals surface area (Å²) in [5.41, 5.74) is 0.619. The zero-order valence-corrected chi connectivity index (χ0v) is 15.1. The number of para-hydroxylation sites is 1. The Kier molecular flexibility index (Phi) is 4.79. The van der Waals surface area contributed by atoms with Crippen LogP contribution in [0.2, 0.25) is 0 Å². The lowest BCUT2D eigenvalue weighted by Gasteiger charge is -2.32. The SMILES string of the molecule is O=C(Nc1cccc2c1OCCO2)[C@H]1CCCN(C(=O)c2cccs2)C1. The van der Waals surface area contributed by atoms with Crippen LogP contribution in [0, 0.1) is 5.92 Å². The number of hydrogen-bond donors (Lipinski definition) is 1. The molecule has 2 amide bonds. The number of nitrogens with one attached hydrogen (secondary N) is 1. The Morgan fingerprint density at radius 2 is 2.04 bits per heavy atom. The average Bonchev–Trinajstić information content (AvgIpc) is 3.22. The zero-order chi connectivity index (χ0) is 17.9.